The molecule has 1 N–H and O–H groups in total. The fourth-order valence-corrected chi connectivity index (χ4v) is 2.35. The van der Waals surface area contributed by atoms with Crippen LogP contribution >= 0.6 is 0 Å². The number of rotatable bonds is 7. The van der Waals surface area contributed by atoms with Crippen molar-refractivity contribution in [3.05, 3.63) is 35.4 Å². The maximum atomic E-state index is 3.62. The van der Waals surface area contributed by atoms with E-state index in [1.807, 2.05) is 0 Å². The van der Waals surface area contributed by atoms with Crippen LogP contribution in [0.1, 0.15) is 44.7 Å². The monoisotopic (exact) mass is 260 g/mol. The van der Waals surface area contributed by atoms with E-state index in [0.717, 1.165) is 19.1 Å². The number of benzene rings is 1. The molecule has 1 aliphatic carbocycles. The molecule has 1 fully saturated rings. The van der Waals surface area contributed by atoms with Crippen molar-refractivity contribution >= 4 is 0 Å². The van der Waals surface area contributed by atoms with Crippen molar-refractivity contribution in [2.24, 2.45) is 5.92 Å². The maximum Gasteiger partial charge on any atom is 0.0236 e. The summed E-state index contributed by atoms with van der Waals surface area (Å²) in [4.78, 5) is 2.46. The molecule has 19 heavy (non-hydrogen) atoms. The molecule has 1 aromatic rings. The quantitative estimate of drug-likeness (QED) is 0.808. The van der Waals surface area contributed by atoms with Gasteiger partial charge in [-0.1, -0.05) is 38.1 Å². The summed E-state index contributed by atoms with van der Waals surface area (Å²) in [5.74, 6) is 0.696. The molecule has 2 heteroatoms. The van der Waals surface area contributed by atoms with Gasteiger partial charge in [-0.2, -0.15) is 0 Å². The lowest BCUT2D eigenvalue weighted by Crippen LogP contribution is -2.33. The Labute approximate surface area is 118 Å². The maximum absolute atomic E-state index is 3.62. The second-order valence-electron chi connectivity index (χ2n) is 6.32. The lowest BCUT2D eigenvalue weighted by Gasteiger charge is -2.28. The van der Waals surface area contributed by atoms with Crippen LogP contribution in [0.15, 0.2) is 24.3 Å². The highest BCUT2D eigenvalue weighted by atomic mass is 15.1. The minimum atomic E-state index is 0.615. The van der Waals surface area contributed by atoms with E-state index < -0.39 is 0 Å². The Bertz CT molecular complexity index is 396. The van der Waals surface area contributed by atoms with Crippen LogP contribution in [0.5, 0.6) is 0 Å². The molecule has 0 aromatic heterocycles. The molecule has 0 radical (unpaired) electrons. The minimum Gasteiger partial charge on any atom is -0.310 e. The predicted molar refractivity (Wildman–Crippen MR) is 82.1 cm³/mol. The summed E-state index contributed by atoms with van der Waals surface area (Å²) < 4.78 is 0. The van der Waals surface area contributed by atoms with Gasteiger partial charge in [0.05, 0.1) is 0 Å². The van der Waals surface area contributed by atoms with Crippen molar-refractivity contribution in [1.82, 2.24) is 10.2 Å². The van der Waals surface area contributed by atoms with Crippen molar-refractivity contribution in [3.63, 3.8) is 0 Å². The molecule has 1 atom stereocenters. The summed E-state index contributed by atoms with van der Waals surface area (Å²) >= 11 is 0. The number of hydrogen-bond donors (Lipinski definition) is 1. The van der Waals surface area contributed by atoms with E-state index in [9.17, 15) is 0 Å². The first-order valence-corrected chi connectivity index (χ1v) is 7.58. The van der Waals surface area contributed by atoms with Crippen LogP contribution in [0.2, 0.25) is 0 Å². The molecule has 1 saturated carbocycles. The lowest BCUT2D eigenvalue weighted by molar-refractivity contribution is 0.200. The van der Waals surface area contributed by atoms with Crippen molar-refractivity contribution in [3.8, 4) is 0 Å². The van der Waals surface area contributed by atoms with Gasteiger partial charge < -0.3 is 5.32 Å². The van der Waals surface area contributed by atoms with Crippen LogP contribution in [0.3, 0.4) is 0 Å². The average Bonchev–Trinajstić information content (AvgIpc) is 3.20. The van der Waals surface area contributed by atoms with Crippen LogP contribution in [0.4, 0.5) is 0 Å². The molecular weight excluding hydrogens is 232 g/mol. The van der Waals surface area contributed by atoms with E-state index in [0.29, 0.717) is 12.0 Å². The van der Waals surface area contributed by atoms with Gasteiger partial charge in [0.25, 0.3) is 0 Å². The van der Waals surface area contributed by atoms with E-state index in [1.54, 1.807) is 0 Å². The molecule has 1 unspecified atom stereocenters. The molecule has 0 saturated heterocycles. The molecule has 0 spiro atoms. The number of hydrogen-bond acceptors (Lipinski definition) is 2. The van der Waals surface area contributed by atoms with Crippen LogP contribution in [0.25, 0.3) is 0 Å². The van der Waals surface area contributed by atoms with Crippen molar-refractivity contribution < 1.29 is 0 Å². The fourth-order valence-electron chi connectivity index (χ4n) is 2.35. The zero-order valence-corrected chi connectivity index (χ0v) is 12.8. The van der Waals surface area contributed by atoms with Crippen molar-refractivity contribution in [1.29, 1.82) is 0 Å². The Kier molecular flexibility index (Phi) is 5.00. The zero-order chi connectivity index (χ0) is 13.8. The van der Waals surface area contributed by atoms with Gasteiger partial charge in [0.15, 0.2) is 0 Å². The van der Waals surface area contributed by atoms with Gasteiger partial charge in [-0.3, -0.25) is 4.90 Å². The molecular formula is C17H28N2. The second kappa shape index (κ2) is 6.53. The molecule has 2 nitrogen and oxygen atoms in total. The van der Waals surface area contributed by atoms with E-state index in [1.165, 1.54) is 24.0 Å². The molecule has 0 amide bonds. The van der Waals surface area contributed by atoms with Gasteiger partial charge in [0.2, 0.25) is 0 Å². The van der Waals surface area contributed by atoms with E-state index in [2.05, 4.69) is 62.3 Å². The zero-order valence-electron chi connectivity index (χ0n) is 12.8. The van der Waals surface area contributed by atoms with E-state index in [-0.39, 0.29) is 0 Å². The van der Waals surface area contributed by atoms with Crippen LogP contribution < -0.4 is 5.32 Å². The molecule has 0 bridgehead atoms. The summed E-state index contributed by atoms with van der Waals surface area (Å²) in [6.45, 7) is 8.96. The van der Waals surface area contributed by atoms with Crippen LogP contribution in [-0.4, -0.2) is 24.0 Å². The predicted octanol–water partition coefficient (Wildman–Crippen LogP) is 3.41. The Morgan fingerprint density at radius 1 is 1.16 bits per heavy atom. The van der Waals surface area contributed by atoms with Gasteiger partial charge in [0, 0.05) is 25.2 Å². The summed E-state index contributed by atoms with van der Waals surface area (Å²) in [6, 6.07) is 10.2. The third-order valence-electron chi connectivity index (χ3n) is 4.36. The van der Waals surface area contributed by atoms with Gasteiger partial charge in [-0.05, 0) is 43.9 Å². The fraction of sp³-hybridized carbons (Fsp3) is 0.647. The molecule has 1 aliphatic rings. The Morgan fingerprint density at radius 3 is 2.37 bits per heavy atom. The second-order valence-corrected chi connectivity index (χ2v) is 6.32. The Morgan fingerprint density at radius 2 is 1.79 bits per heavy atom. The summed E-state index contributed by atoms with van der Waals surface area (Å²) in [5.41, 5.74) is 2.92. The summed E-state index contributed by atoms with van der Waals surface area (Å²) in [5, 5.41) is 3.62. The SMILES string of the molecule is CC(C)C(C)N(C)Cc1ccccc1CNC1CC1. The van der Waals surface area contributed by atoms with Gasteiger partial charge in [-0.25, -0.2) is 0 Å². The molecule has 0 heterocycles. The highest BCUT2D eigenvalue weighted by Crippen LogP contribution is 2.21. The molecule has 1 aromatic carbocycles. The highest BCUT2D eigenvalue weighted by Gasteiger charge is 2.20. The molecule has 106 valence electrons. The first-order chi connectivity index (χ1) is 9.08. The first-order valence-electron chi connectivity index (χ1n) is 7.58. The van der Waals surface area contributed by atoms with Gasteiger partial charge in [-0.15, -0.1) is 0 Å². The standard InChI is InChI=1S/C17H28N2/c1-13(2)14(3)19(4)12-16-8-6-5-7-15(16)11-18-17-9-10-17/h5-8,13-14,17-18H,9-12H2,1-4H3. The minimum absolute atomic E-state index is 0.615. The first kappa shape index (κ1) is 14.5. The van der Waals surface area contributed by atoms with E-state index in [4.69, 9.17) is 0 Å². The topological polar surface area (TPSA) is 15.3 Å². The van der Waals surface area contributed by atoms with Crippen LogP contribution in [-0.2, 0) is 13.1 Å². The van der Waals surface area contributed by atoms with Crippen molar-refractivity contribution in [2.45, 2.75) is 58.8 Å². The summed E-state index contributed by atoms with van der Waals surface area (Å²) in [7, 11) is 2.23. The van der Waals surface area contributed by atoms with Gasteiger partial charge in [0.1, 0.15) is 0 Å². The normalized spacial score (nSPS) is 17.2. The Hall–Kier alpha value is -0.860. The van der Waals surface area contributed by atoms with Crippen LogP contribution in [0, 0.1) is 5.92 Å². The third-order valence-corrected chi connectivity index (χ3v) is 4.36. The average molecular weight is 260 g/mol. The number of nitrogens with zero attached hydrogens (tertiary/aromatic N) is 1. The smallest absolute Gasteiger partial charge is 0.0236 e. The third kappa shape index (κ3) is 4.32. The van der Waals surface area contributed by atoms with Crippen molar-refractivity contribution in [2.75, 3.05) is 7.05 Å². The largest absolute Gasteiger partial charge is 0.310 e. The molecule has 0 aliphatic heterocycles. The van der Waals surface area contributed by atoms with E-state index >= 15 is 0 Å². The molecule has 2 rings (SSSR count). The summed E-state index contributed by atoms with van der Waals surface area (Å²) in [6.07, 6.45) is 2.71. The number of nitrogens with one attached hydrogen (secondary N) is 1. The van der Waals surface area contributed by atoms with Gasteiger partial charge >= 0.3 is 0 Å². The highest BCUT2D eigenvalue weighted by molar-refractivity contribution is 5.27. The Balaban J connectivity index is 1.97. The lowest BCUT2D eigenvalue weighted by atomic mass is 10.0.